The second-order valence-corrected chi connectivity index (χ2v) is 4.93. The molecule has 2 aromatic rings. The SMILES string of the molecule is O=C(COc1ccccc1)NCCNC(=O)Cn1ccc([N+](=O)[O-])n1. The third-order valence-electron chi connectivity index (χ3n) is 3.00. The van der Waals surface area contributed by atoms with Crippen LogP contribution < -0.4 is 15.4 Å². The van der Waals surface area contributed by atoms with E-state index in [-0.39, 0.29) is 43.9 Å². The smallest absolute Gasteiger partial charge is 0.389 e. The molecule has 0 unspecified atom stereocenters. The molecule has 10 heteroatoms. The number of nitrogens with zero attached hydrogens (tertiary/aromatic N) is 3. The number of amides is 2. The van der Waals surface area contributed by atoms with Gasteiger partial charge in [-0.3, -0.25) is 9.59 Å². The highest BCUT2D eigenvalue weighted by molar-refractivity contribution is 5.78. The van der Waals surface area contributed by atoms with Gasteiger partial charge in [-0.1, -0.05) is 18.2 Å². The number of hydrogen-bond acceptors (Lipinski definition) is 6. The van der Waals surface area contributed by atoms with Crippen LogP contribution in [0.15, 0.2) is 42.6 Å². The lowest BCUT2D eigenvalue weighted by Gasteiger charge is -2.08. The predicted molar refractivity (Wildman–Crippen MR) is 86.8 cm³/mol. The average molecular weight is 347 g/mol. The van der Waals surface area contributed by atoms with Crippen molar-refractivity contribution in [2.24, 2.45) is 0 Å². The van der Waals surface area contributed by atoms with E-state index in [2.05, 4.69) is 15.7 Å². The highest BCUT2D eigenvalue weighted by Gasteiger charge is 2.13. The summed E-state index contributed by atoms with van der Waals surface area (Å²) >= 11 is 0. The Kier molecular flexibility index (Phi) is 6.46. The first-order chi connectivity index (χ1) is 12.0. The quantitative estimate of drug-likeness (QED) is 0.376. The first kappa shape index (κ1) is 17.9. The van der Waals surface area contributed by atoms with Crippen LogP contribution in [0.4, 0.5) is 5.82 Å². The zero-order valence-electron chi connectivity index (χ0n) is 13.3. The highest BCUT2D eigenvalue weighted by atomic mass is 16.6. The lowest BCUT2D eigenvalue weighted by molar-refractivity contribution is -0.389. The molecule has 10 nitrogen and oxygen atoms in total. The van der Waals surface area contributed by atoms with Crippen molar-refractivity contribution in [3.05, 3.63) is 52.7 Å². The van der Waals surface area contributed by atoms with E-state index < -0.39 is 4.92 Å². The van der Waals surface area contributed by atoms with Crippen molar-refractivity contribution in [3.63, 3.8) is 0 Å². The molecule has 0 atom stereocenters. The van der Waals surface area contributed by atoms with Gasteiger partial charge in [0.2, 0.25) is 5.91 Å². The van der Waals surface area contributed by atoms with Crippen LogP contribution in [0.2, 0.25) is 0 Å². The molecule has 0 aliphatic rings. The molecule has 0 saturated heterocycles. The zero-order valence-corrected chi connectivity index (χ0v) is 13.3. The fourth-order valence-corrected chi connectivity index (χ4v) is 1.86. The van der Waals surface area contributed by atoms with Crippen molar-refractivity contribution < 1.29 is 19.2 Å². The molecule has 2 amide bonds. The number of nitro groups is 1. The fourth-order valence-electron chi connectivity index (χ4n) is 1.86. The Morgan fingerprint density at radius 3 is 2.44 bits per heavy atom. The summed E-state index contributed by atoms with van der Waals surface area (Å²) in [5.74, 6) is -0.397. The van der Waals surface area contributed by atoms with Gasteiger partial charge in [0.15, 0.2) is 6.61 Å². The topological polar surface area (TPSA) is 128 Å². The number of carbonyl (C=O) groups excluding carboxylic acids is 2. The lowest BCUT2D eigenvalue weighted by atomic mass is 10.3. The Morgan fingerprint density at radius 1 is 1.12 bits per heavy atom. The van der Waals surface area contributed by atoms with E-state index in [1.807, 2.05) is 6.07 Å². The first-order valence-electron chi connectivity index (χ1n) is 7.43. The second kappa shape index (κ2) is 9.01. The van der Waals surface area contributed by atoms with Gasteiger partial charge in [-0.15, -0.1) is 0 Å². The van der Waals surface area contributed by atoms with E-state index in [9.17, 15) is 19.7 Å². The Labute approximate surface area is 142 Å². The summed E-state index contributed by atoms with van der Waals surface area (Å²) < 4.78 is 6.45. The van der Waals surface area contributed by atoms with Crippen LogP contribution in [-0.2, 0) is 16.1 Å². The minimum absolute atomic E-state index is 0.116. The second-order valence-electron chi connectivity index (χ2n) is 4.93. The van der Waals surface area contributed by atoms with E-state index >= 15 is 0 Å². The number of nitrogens with one attached hydrogen (secondary N) is 2. The van der Waals surface area contributed by atoms with Crippen molar-refractivity contribution in [1.29, 1.82) is 0 Å². The Bertz CT molecular complexity index is 731. The molecule has 0 fully saturated rings. The van der Waals surface area contributed by atoms with Gasteiger partial charge in [0, 0.05) is 13.1 Å². The minimum Gasteiger partial charge on any atom is -0.484 e. The van der Waals surface area contributed by atoms with E-state index in [0.717, 1.165) is 0 Å². The normalized spacial score (nSPS) is 10.1. The summed E-state index contributed by atoms with van der Waals surface area (Å²) in [5, 5.41) is 19.3. The molecule has 0 aliphatic heterocycles. The van der Waals surface area contributed by atoms with Gasteiger partial charge in [0.1, 0.15) is 12.3 Å². The summed E-state index contributed by atoms with van der Waals surface area (Å²) in [5.41, 5.74) is 0. The van der Waals surface area contributed by atoms with Crippen LogP contribution in [0.25, 0.3) is 0 Å². The number of benzene rings is 1. The molecule has 0 aliphatic carbocycles. The van der Waals surface area contributed by atoms with Crippen molar-refractivity contribution in [3.8, 4) is 5.75 Å². The minimum atomic E-state index is -0.637. The third-order valence-corrected chi connectivity index (χ3v) is 3.00. The van der Waals surface area contributed by atoms with Gasteiger partial charge in [-0.05, 0) is 17.1 Å². The highest BCUT2D eigenvalue weighted by Crippen LogP contribution is 2.07. The number of carbonyl (C=O) groups is 2. The summed E-state index contributed by atoms with van der Waals surface area (Å²) in [4.78, 5) is 33.1. The standard InChI is InChI=1S/C15H17N5O5/c21-14(10-19-9-6-13(18-19)20(23)24)16-7-8-17-15(22)11-25-12-4-2-1-3-5-12/h1-6,9H,7-8,10-11H2,(H,16,21)(H,17,22). The zero-order chi connectivity index (χ0) is 18.1. The van der Waals surface area contributed by atoms with Crippen molar-refractivity contribution in [1.82, 2.24) is 20.4 Å². The van der Waals surface area contributed by atoms with E-state index in [4.69, 9.17) is 4.74 Å². The van der Waals surface area contributed by atoms with Gasteiger partial charge >= 0.3 is 5.82 Å². The predicted octanol–water partition coefficient (Wildman–Crippen LogP) is 0.103. The molecule has 25 heavy (non-hydrogen) atoms. The van der Waals surface area contributed by atoms with Crippen LogP contribution in [0.5, 0.6) is 5.75 Å². The molecule has 0 radical (unpaired) electrons. The van der Waals surface area contributed by atoms with Gasteiger partial charge in [-0.2, -0.15) is 4.68 Å². The lowest BCUT2D eigenvalue weighted by Crippen LogP contribution is -2.37. The number of para-hydroxylation sites is 1. The number of ether oxygens (including phenoxy) is 1. The third kappa shape index (κ3) is 6.29. The van der Waals surface area contributed by atoms with Gasteiger partial charge in [0.25, 0.3) is 5.91 Å². The molecule has 2 rings (SSSR count). The van der Waals surface area contributed by atoms with Crippen LogP contribution in [0.3, 0.4) is 0 Å². The molecule has 2 N–H and O–H groups in total. The Hall–Kier alpha value is -3.43. The van der Waals surface area contributed by atoms with Crippen molar-refractivity contribution >= 4 is 17.6 Å². The Balaban J connectivity index is 1.59. The van der Waals surface area contributed by atoms with E-state index in [0.29, 0.717) is 5.75 Å². The largest absolute Gasteiger partial charge is 0.484 e. The van der Waals surface area contributed by atoms with Gasteiger partial charge < -0.3 is 25.5 Å². The van der Waals surface area contributed by atoms with Crippen LogP contribution in [0, 0.1) is 10.1 Å². The molecule has 1 aromatic carbocycles. The van der Waals surface area contributed by atoms with Gasteiger partial charge in [0.05, 0.1) is 17.4 Å². The number of rotatable bonds is 9. The summed E-state index contributed by atoms with van der Waals surface area (Å²) in [6, 6.07) is 10.1. The summed E-state index contributed by atoms with van der Waals surface area (Å²) in [6.45, 7) is 0.203. The van der Waals surface area contributed by atoms with E-state index in [1.165, 1.54) is 16.9 Å². The Morgan fingerprint density at radius 2 is 1.80 bits per heavy atom. The monoisotopic (exact) mass is 347 g/mol. The summed E-state index contributed by atoms with van der Waals surface area (Å²) in [6.07, 6.45) is 1.35. The molecule has 132 valence electrons. The molecular weight excluding hydrogens is 330 g/mol. The number of hydrogen-bond donors (Lipinski definition) is 2. The van der Waals surface area contributed by atoms with Crippen LogP contribution >= 0.6 is 0 Å². The summed E-state index contributed by atoms with van der Waals surface area (Å²) in [7, 11) is 0. The molecule has 1 heterocycles. The fraction of sp³-hybridized carbons (Fsp3) is 0.267. The van der Waals surface area contributed by atoms with E-state index in [1.54, 1.807) is 24.3 Å². The molecular formula is C15H17N5O5. The number of aromatic nitrogens is 2. The molecule has 0 saturated carbocycles. The van der Waals surface area contributed by atoms with Crippen molar-refractivity contribution in [2.45, 2.75) is 6.54 Å². The average Bonchev–Trinajstić information content (AvgIpc) is 3.06. The maximum Gasteiger partial charge on any atom is 0.389 e. The van der Waals surface area contributed by atoms with Crippen LogP contribution in [-0.4, -0.2) is 46.2 Å². The van der Waals surface area contributed by atoms with Crippen LogP contribution in [0.1, 0.15) is 0 Å². The van der Waals surface area contributed by atoms with Gasteiger partial charge in [-0.25, -0.2) is 0 Å². The first-order valence-corrected chi connectivity index (χ1v) is 7.43. The molecule has 0 bridgehead atoms. The molecule has 0 spiro atoms. The molecule has 1 aromatic heterocycles. The maximum atomic E-state index is 11.7. The maximum absolute atomic E-state index is 11.7. The van der Waals surface area contributed by atoms with Crippen molar-refractivity contribution in [2.75, 3.05) is 19.7 Å².